The third-order valence-electron chi connectivity index (χ3n) is 5.23. The highest BCUT2D eigenvalue weighted by Crippen LogP contribution is 2.21. The Morgan fingerprint density at radius 2 is 2.07 bits per heavy atom. The Labute approximate surface area is 165 Å². The van der Waals surface area contributed by atoms with E-state index in [2.05, 4.69) is 10.2 Å². The van der Waals surface area contributed by atoms with Crippen molar-refractivity contribution < 1.29 is 13.9 Å². The average Bonchev–Trinajstić information content (AvgIpc) is 3.37. The molecule has 1 saturated heterocycles. The zero-order chi connectivity index (χ0) is 19.9. The van der Waals surface area contributed by atoms with Crippen LogP contribution in [0.3, 0.4) is 0 Å². The summed E-state index contributed by atoms with van der Waals surface area (Å²) < 4.78 is 18.7. The number of benzene rings is 1. The molecular weight excluding hydrogens is 359 g/mol. The van der Waals surface area contributed by atoms with Crippen LogP contribution in [0.15, 0.2) is 30.3 Å². The molecule has 6 nitrogen and oxygen atoms in total. The predicted octanol–water partition coefficient (Wildman–Crippen LogP) is 2.89. The number of aromatic nitrogens is 2. The van der Waals surface area contributed by atoms with Gasteiger partial charge in [0.2, 0.25) is 0 Å². The first-order chi connectivity index (χ1) is 13.6. The second-order valence-corrected chi connectivity index (χ2v) is 7.42. The molecular formula is C21H29FN4O2. The minimum Gasteiger partial charge on any atom is -0.364 e. The van der Waals surface area contributed by atoms with Crippen molar-refractivity contribution in [1.29, 1.82) is 0 Å². The number of hydrogen-bond donors (Lipinski definition) is 2. The third-order valence-corrected chi connectivity index (χ3v) is 5.23. The van der Waals surface area contributed by atoms with Crippen LogP contribution >= 0.6 is 0 Å². The SMILES string of the molecule is CN(CCCCCc1cc(-c2ccc(F)cc2)n[nH]1)C(=O)[C@@H]1CC[C@H](CN)O1. The van der Waals surface area contributed by atoms with Crippen LogP contribution in [0.4, 0.5) is 4.39 Å². The number of halogens is 1. The molecule has 1 aromatic heterocycles. The van der Waals surface area contributed by atoms with Crippen molar-refractivity contribution in [2.75, 3.05) is 20.1 Å². The van der Waals surface area contributed by atoms with Crippen molar-refractivity contribution >= 4 is 5.91 Å². The summed E-state index contributed by atoms with van der Waals surface area (Å²) in [6.45, 7) is 1.21. The van der Waals surface area contributed by atoms with Gasteiger partial charge in [-0.3, -0.25) is 9.89 Å². The minimum atomic E-state index is -0.326. The topological polar surface area (TPSA) is 84.2 Å². The Hall–Kier alpha value is -2.25. The van der Waals surface area contributed by atoms with E-state index < -0.39 is 0 Å². The fourth-order valence-electron chi connectivity index (χ4n) is 3.52. The monoisotopic (exact) mass is 388 g/mol. The maximum atomic E-state index is 13.0. The highest BCUT2D eigenvalue weighted by Gasteiger charge is 2.31. The molecule has 1 aromatic carbocycles. The molecule has 1 fully saturated rings. The van der Waals surface area contributed by atoms with Gasteiger partial charge in [0.05, 0.1) is 11.8 Å². The van der Waals surface area contributed by atoms with Crippen LogP contribution in [0.1, 0.15) is 37.8 Å². The number of unbranched alkanes of at least 4 members (excludes halogenated alkanes) is 2. The number of hydrogen-bond acceptors (Lipinski definition) is 4. The first-order valence-corrected chi connectivity index (χ1v) is 9.97. The summed E-state index contributed by atoms with van der Waals surface area (Å²) in [7, 11) is 1.84. The van der Waals surface area contributed by atoms with Gasteiger partial charge in [-0.15, -0.1) is 0 Å². The summed E-state index contributed by atoms with van der Waals surface area (Å²) in [6, 6.07) is 8.34. The second kappa shape index (κ2) is 9.80. The lowest BCUT2D eigenvalue weighted by molar-refractivity contribution is -0.141. The number of H-pyrrole nitrogens is 1. The highest BCUT2D eigenvalue weighted by atomic mass is 19.1. The normalized spacial score (nSPS) is 19.1. The van der Waals surface area contributed by atoms with E-state index >= 15 is 0 Å². The molecule has 3 rings (SSSR count). The Kier molecular flexibility index (Phi) is 7.17. The van der Waals surface area contributed by atoms with Gasteiger partial charge in [-0.25, -0.2) is 4.39 Å². The van der Waals surface area contributed by atoms with Crippen LogP contribution in [0.5, 0.6) is 0 Å². The van der Waals surface area contributed by atoms with Gasteiger partial charge in [0.15, 0.2) is 0 Å². The van der Waals surface area contributed by atoms with Gasteiger partial charge in [-0.2, -0.15) is 5.10 Å². The number of carbonyl (C=O) groups is 1. The van der Waals surface area contributed by atoms with Crippen molar-refractivity contribution in [1.82, 2.24) is 15.1 Å². The molecule has 1 aliphatic heterocycles. The van der Waals surface area contributed by atoms with Gasteiger partial charge in [-0.1, -0.05) is 6.42 Å². The van der Waals surface area contributed by atoms with Crippen LogP contribution in [0.2, 0.25) is 0 Å². The molecule has 1 aliphatic rings. The van der Waals surface area contributed by atoms with Gasteiger partial charge in [0.25, 0.3) is 5.91 Å². The number of ether oxygens (including phenoxy) is 1. The van der Waals surface area contributed by atoms with Crippen LogP contribution in [0, 0.1) is 5.82 Å². The fourth-order valence-corrected chi connectivity index (χ4v) is 3.52. The fraction of sp³-hybridized carbons (Fsp3) is 0.524. The smallest absolute Gasteiger partial charge is 0.251 e. The van der Waals surface area contributed by atoms with E-state index in [9.17, 15) is 9.18 Å². The van der Waals surface area contributed by atoms with Crippen LogP contribution < -0.4 is 5.73 Å². The quantitative estimate of drug-likeness (QED) is 0.647. The van der Waals surface area contributed by atoms with E-state index in [0.717, 1.165) is 62.0 Å². The number of nitrogens with two attached hydrogens (primary N) is 1. The molecule has 0 saturated carbocycles. The lowest BCUT2D eigenvalue weighted by Crippen LogP contribution is -2.37. The minimum absolute atomic E-state index is 0.0246. The first-order valence-electron chi connectivity index (χ1n) is 9.97. The molecule has 1 amide bonds. The molecule has 152 valence electrons. The number of likely N-dealkylation sites (N-methyl/N-ethyl adjacent to an activating group) is 1. The standard InChI is InChI=1S/C21H29FN4O2/c1-26(21(27)20-11-10-18(14-23)28-20)12-4-2-3-5-17-13-19(25-24-17)15-6-8-16(22)9-7-15/h6-9,13,18,20H,2-5,10-12,14,23H2,1H3,(H,24,25)/t18-,20+/m1/s1. The summed E-state index contributed by atoms with van der Waals surface area (Å²) in [4.78, 5) is 14.1. The Morgan fingerprint density at radius 3 is 2.79 bits per heavy atom. The van der Waals surface area contributed by atoms with E-state index in [1.165, 1.54) is 12.1 Å². The molecule has 0 radical (unpaired) electrons. The van der Waals surface area contributed by atoms with Gasteiger partial charge in [-0.05, 0) is 62.4 Å². The molecule has 0 bridgehead atoms. The summed E-state index contributed by atoms with van der Waals surface area (Å²) in [5, 5.41) is 7.35. The first kappa shape index (κ1) is 20.5. The number of rotatable bonds is 9. The molecule has 2 aromatic rings. The number of carbonyl (C=O) groups excluding carboxylic acids is 1. The summed E-state index contributed by atoms with van der Waals surface area (Å²) in [6.07, 6.45) is 5.22. The van der Waals surface area contributed by atoms with E-state index in [0.29, 0.717) is 6.54 Å². The zero-order valence-electron chi connectivity index (χ0n) is 16.4. The Morgan fingerprint density at radius 1 is 1.29 bits per heavy atom. The molecule has 0 spiro atoms. The predicted molar refractivity (Wildman–Crippen MR) is 106 cm³/mol. The van der Waals surface area contributed by atoms with Crippen molar-refractivity contribution in [3.05, 3.63) is 41.8 Å². The summed E-state index contributed by atoms with van der Waals surface area (Å²) >= 11 is 0. The summed E-state index contributed by atoms with van der Waals surface area (Å²) in [5.41, 5.74) is 8.39. The van der Waals surface area contributed by atoms with Crippen molar-refractivity contribution in [3.8, 4) is 11.3 Å². The lowest BCUT2D eigenvalue weighted by Gasteiger charge is -2.21. The average molecular weight is 388 g/mol. The molecule has 28 heavy (non-hydrogen) atoms. The second-order valence-electron chi connectivity index (χ2n) is 7.42. The number of nitrogens with zero attached hydrogens (tertiary/aromatic N) is 2. The van der Waals surface area contributed by atoms with E-state index in [-0.39, 0.29) is 23.9 Å². The van der Waals surface area contributed by atoms with Crippen molar-refractivity contribution in [2.45, 2.75) is 50.7 Å². The van der Waals surface area contributed by atoms with Crippen LogP contribution in [-0.2, 0) is 16.0 Å². The number of amides is 1. The molecule has 3 N–H and O–H groups in total. The van der Waals surface area contributed by atoms with Crippen LogP contribution in [0.25, 0.3) is 11.3 Å². The van der Waals surface area contributed by atoms with Crippen LogP contribution in [-0.4, -0.2) is 53.3 Å². The Balaban J connectivity index is 1.35. The molecule has 0 unspecified atom stereocenters. The number of nitrogens with one attached hydrogen (secondary N) is 1. The van der Waals surface area contributed by atoms with E-state index in [1.807, 2.05) is 13.1 Å². The molecule has 7 heteroatoms. The Bertz CT molecular complexity index is 762. The van der Waals surface area contributed by atoms with E-state index in [1.54, 1.807) is 17.0 Å². The van der Waals surface area contributed by atoms with E-state index in [4.69, 9.17) is 10.5 Å². The van der Waals surface area contributed by atoms with Gasteiger partial charge < -0.3 is 15.4 Å². The lowest BCUT2D eigenvalue weighted by atomic mass is 10.1. The van der Waals surface area contributed by atoms with Gasteiger partial charge in [0, 0.05) is 31.4 Å². The maximum Gasteiger partial charge on any atom is 0.251 e. The highest BCUT2D eigenvalue weighted by molar-refractivity contribution is 5.80. The van der Waals surface area contributed by atoms with Crippen molar-refractivity contribution in [2.24, 2.45) is 5.73 Å². The van der Waals surface area contributed by atoms with Crippen molar-refractivity contribution in [3.63, 3.8) is 0 Å². The zero-order valence-corrected chi connectivity index (χ0v) is 16.4. The maximum absolute atomic E-state index is 13.0. The molecule has 2 heterocycles. The summed E-state index contributed by atoms with van der Waals surface area (Å²) in [5.74, 6) is -0.185. The van der Waals surface area contributed by atoms with Gasteiger partial charge in [0.1, 0.15) is 11.9 Å². The van der Waals surface area contributed by atoms with Gasteiger partial charge >= 0.3 is 0 Å². The molecule has 2 atom stereocenters. The molecule has 0 aliphatic carbocycles. The number of aromatic amines is 1. The third kappa shape index (κ3) is 5.39. The largest absolute Gasteiger partial charge is 0.364 e. The number of aryl methyl sites for hydroxylation is 1.